The van der Waals surface area contributed by atoms with Gasteiger partial charge < -0.3 is 0 Å². The molecule has 2 heteroatoms. The van der Waals surface area contributed by atoms with E-state index in [9.17, 15) is 0 Å². The van der Waals surface area contributed by atoms with Crippen LogP contribution in [-0.4, -0.2) is 0 Å². The van der Waals surface area contributed by atoms with Gasteiger partial charge in [0.15, 0.2) is 0 Å². The Morgan fingerprint density at radius 3 is 1.35 bits per heavy atom. The number of halogens is 2. The molecule has 0 unspecified atom stereocenters. The van der Waals surface area contributed by atoms with Crippen molar-refractivity contribution in [3.63, 3.8) is 0 Å². The molecular formula is C29H24Br2. The summed E-state index contributed by atoms with van der Waals surface area (Å²) in [6.45, 7) is 0. The topological polar surface area (TPSA) is 0 Å². The van der Waals surface area contributed by atoms with Gasteiger partial charge in [-0.05, 0) is 70.5 Å². The standard InChI is InChI=1S/C29H24Br2/c30-23-13-15-25(21-9-3-1-4-10-21)27(19-23)29(17-7-8-18-29)28-20-24(31)14-16-26(28)22-11-5-2-6-12-22/h1-6,9-16,19-20H,7-8,17-18H2. The molecule has 4 aromatic carbocycles. The van der Waals surface area contributed by atoms with E-state index in [4.69, 9.17) is 0 Å². The first-order valence-electron chi connectivity index (χ1n) is 10.9. The fourth-order valence-corrected chi connectivity index (χ4v) is 5.95. The Hall–Kier alpha value is -2.16. The van der Waals surface area contributed by atoms with Crippen molar-refractivity contribution in [2.75, 3.05) is 0 Å². The van der Waals surface area contributed by atoms with Gasteiger partial charge in [0.25, 0.3) is 0 Å². The van der Waals surface area contributed by atoms with Crippen LogP contribution in [-0.2, 0) is 5.41 Å². The lowest BCUT2D eigenvalue weighted by Gasteiger charge is -2.35. The highest BCUT2D eigenvalue weighted by Crippen LogP contribution is 2.52. The van der Waals surface area contributed by atoms with Crippen LogP contribution in [0.4, 0.5) is 0 Å². The summed E-state index contributed by atoms with van der Waals surface area (Å²) in [6, 6.07) is 35.3. The van der Waals surface area contributed by atoms with Crippen molar-refractivity contribution in [1.29, 1.82) is 0 Å². The predicted molar refractivity (Wildman–Crippen MR) is 138 cm³/mol. The molecule has 0 radical (unpaired) electrons. The molecule has 0 atom stereocenters. The van der Waals surface area contributed by atoms with Gasteiger partial charge in [-0.2, -0.15) is 0 Å². The highest BCUT2D eigenvalue weighted by atomic mass is 79.9. The van der Waals surface area contributed by atoms with E-state index in [0.29, 0.717) is 0 Å². The predicted octanol–water partition coefficient (Wildman–Crippen LogP) is 9.41. The normalized spacial score (nSPS) is 15.2. The molecule has 31 heavy (non-hydrogen) atoms. The van der Waals surface area contributed by atoms with Gasteiger partial charge in [-0.1, -0.05) is 117 Å². The summed E-state index contributed by atoms with van der Waals surface area (Å²) in [5.74, 6) is 0. The fourth-order valence-electron chi connectivity index (χ4n) is 5.23. The van der Waals surface area contributed by atoms with Crippen LogP contribution in [0, 0.1) is 0 Å². The summed E-state index contributed by atoms with van der Waals surface area (Å²) in [6.07, 6.45) is 4.84. The van der Waals surface area contributed by atoms with E-state index in [1.807, 2.05) is 0 Å². The van der Waals surface area contributed by atoms with Crippen molar-refractivity contribution in [3.8, 4) is 22.3 Å². The maximum atomic E-state index is 3.78. The van der Waals surface area contributed by atoms with Gasteiger partial charge in [-0.25, -0.2) is 0 Å². The average molecular weight is 532 g/mol. The van der Waals surface area contributed by atoms with Gasteiger partial charge in [-0.15, -0.1) is 0 Å². The minimum Gasteiger partial charge on any atom is -0.0622 e. The van der Waals surface area contributed by atoms with Gasteiger partial charge in [0, 0.05) is 14.4 Å². The third kappa shape index (κ3) is 3.92. The molecule has 5 rings (SSSR count). The Kier molecular flexibility index (Phi) is 5.86. The summed E-state index contributed by atoms with van der Waals surface area (Å²) in [4.78, 5) is 0. The van der Waals surface area contributed by atoms with Crippen LogP contribution in [0.5, 0.6) is 0 Å². The monoisotopic (exact) mass is 530 g/mol. The zero-order chi connectivity index (χ0) is 21.3. The molecule has 0 aromatic heterocycles. The third-order valence-electron chi connectivity index (χ3n) is 6.62. The quantitative estimate of drug-likeness (QED) is 0.246. The first-order valence-corrected chi connectivity index (χ1v) is 12.5. The molecule has 0 heterocycles. The Morgan fingerprint density at radius 2 is 0.935 bits per heavy atom. The third-order valence-corrected chi connectivity index (χ3v) is 7.61. The SMILES string of the molecule is Brc1ccc(-c2ccccc2)c(C2(c3cc(Br)ccc3-c3ccccc3)CCCC2)c1. The van der Waals surface area contributed by atoms with Crippen LogP contribution in [0.15, 0.2) is 106 Å². The highest BCUT2D eigenvalue weighted by molar-refractivity contribution is 9.10. The molecule has 1 aliphatic carbocycles. The number of benzene rings is 4. The van der Waals surface area contributed by atoms with Crippen LogP contribution < -0.4 is 0 Å². The second-order valence-corrected chi connectivity index (χ2v) is 10.2. The lowest BCUT2D eigenvalue weighted by molar-refractivity contribution is 0.537. The van der Waals surface area contributed by atoms with Gasteiger partial charge >= 0.3 is 0 Å². The largest absolute Gasteiger partial charge is 0.0622 e. The molecule has 4 aromatic rings. The minimum atomic E-state index is -0.0100. The van der Waals surface area contributed by atoms with Crippen LogP contribution in [0.25, 0.3) is 22.3 Å². The Bertz CT molecular complexity index is 1100. The van der Waals surface area contributed by atoms with Crippen LogP contribution in [0.3, 0.4) is 0 Å². The molecule has 154 valence electrons. The lowest BCUT2D eigenvalue weighted by Crippen LogP contribution is -2.26. The second-order valence-electron chi connectivity index (χ2n) is 8.40. The molecule has 1 aliphatic rings. The maximum Gasteiger partial charge on any atom is 0.0216 e. The lowest BCUT2D eigenvalue weighted by atomic mass is 9.68. The first kappa shape index (κ1) is 20.7. The van der Waals surface area contributed by atoms with E-state index >= 15 is 0 Å². The Morgan fingerprint density at radius 1 is 0.516 bits per heavy atom. The summed E-state index contributed by atoms with van der Waals surface area (Å²) in [5.41, 5.74) is 8.10. The molecule has 0 aliphatic heterocycles. The minimum absolute atomic E-state index is 0.0100. The number of hydrogen-bond acceptors (Lipinski definition) is 0. The van der Waals surface area contributed by atoms with E-state index in [1.165, 1.54) is 59.1 Å². The van der Waals surface area contributed by atoms with Crippen molar-refractivity contribution in [3.05, 3.63) is 117 Å². The molecule has 0 N–H and O–H groups in total. The molecule has 0 saturated heterocycles. The van der Waals surface area contributed by atoms with Gasteiger partial charge in [0.05, 0.1) is 0 Å². The number of rotatable bonds is 4. The molecule has 0 amide bonds. The zero-order valence-electron chi connectivity index (χ0n) is 17.3. The van der Waals surface area contributed by atoms with Gasteiger partial charge in [0.1, 0.15) is 0 Å². The second kappa shape index (κ2) is 8.76. The molecule has 1 saturated carbocycles. The summed E-state index contributed by atoms with van der Waals surface area (Å²) < 4.78 is 2.29. The van der Waals surface area contributed by atoms with Gasteiger partial charge in [-0.3, -0.25) is 0 Å². The van der Waals surface area contributed by atoms with E-state index in [-0.39, 0.29) is 5.41 Å². The van der Waals surface area contributed by atoms with E-state index < -0.39 is 0 Å². The highest BCUT2D eigenvalue weighted by Gasteiger charge is 2.41. The van der Waals surface area contributed by atoms with Crippen molar-refractivity contribution in [2.45, 2.75) is 31.1 Å². The fraction of sp³-hybridized carbons (Fsp3) is 0.172. The molecule has 0 bridgehead atoms. The zero-order valence-corrected chi connectivity index (χ0v) is 20.5. The summed E-state index contributed by atoms with van der Waals surface area (Å²) >= 11 is 7.56. The van der Waals surface area contributed by atoms with Crippen molar-refractivity contribution < 1.29 is 0 Å². The number of hydrogen-bond donors (Lipinski definition) is 0. The van der Waals surface area contributed by atoms with Gasteiger partial charge in [0.2, 0.25) is 0 Å². The molecule has 0 nitrogen and oxygen atoms in total. The van der Waals surface area contributed by atoms with E-state index in [0.717, 1.165) is 8.95 Å². The molecule has 0 spiro atoms. The van der Waals surface area contributed by atoms with Crippen LogP contribution >= 0.6 is 31.9 Å². The van der Waals surface area contributed by atoms with E-state index in [2.05, 4.69) is 129 Å². The summed E-state index contributed by atoms with van der Waals surface area (Å²) in [5, 5.41) is 0. The maximum absolute atomic E-state index is 3.78. The van der Waals surface area contributed by atoms with Crippen molar-refractivity contribution >= 4 is 31.9 Å². The Balaban J connectivity index is 1.80. The molecule has 1 fully saturated rings. The van der Waals surface area contributed by atoms with Crippen molar-refractivity contribution in [2.24, 2.45) is 0 Å². The van der Waals surface area contributed by atoms with Crippen molar-refractivity contribution in [1.82, 2.24) is 0 Å². The Labute approximate surface area is 201 Å². The smallest absolute Gasteiger partial charge is 0.0216 e. The van der Waals surface area contributed by atoms with E-state index in [1.54, 1.807) is 0 Å². The van der Waals surface area contributed by atoms with Crippen LogP contribution in [0.2, 0.25) is 0 Å². The first-order chi connectivity index (χ1) is 15.2. The summed E-state index contributed by atoms with van der Waals surface area (Å²) in [7, 11) is 0. The van der Waals surface area contributed by atoms with Crippen LogP contribution in [0.1, 0.15) is 36.8 Å². The average Bonchev–Trinajstić information content (AvgIpc) is 3.31. The molecular weight excluding hydrogens is 508 g/mol.